The summed E-state index contributed by atoms with van der Waals surface area (Å²) in [6.45, 7) is 6.98. The summed E-state index contributed by atoms with van der Waals surface area (Å²) < 4.78 is 33.3. The Morgan fingerprint density at radius 1 is 1.20 bits per heavy atom. The molecule has 0 saturated carbocycles. The topological polar surface area (TPSA) is 49.8 Å². The van der Waals surface area contributed by atoms with Gasteiger partial charge in [-0.15, -0.1) is 0 Å². The summed E-state index contributed by atoms with van der Waals surface area (Å²) in [6, 6.07) is 1.80. The predicted molar refractivity (Wildman–Crippen MR) is 89.1 cm³/mol. The number of aryl methyl sites for hydroxylation is 1. The normalized spacial score (nSPS) is 29.0. The SMILES string of the molecule is Cc1cc(C2(O)CC3CCC(C2)N3C(=O)OC(C)(C)C)c(F)cc1F. The van der Waals surface area contributed by atoms with E-state index in [1.54, 1.807) is 11.8 Å². The Kier molecular flexibility index (Phi) is 4.30. The number of rotatable bonds is 1. The highest BCUT2D eigenvalue weighted by Crippen LogP contribution is 2.47. The molecule has 2 atom stereocenters. The van der Waals surface area contributed by atoms with Crippen molar-refractivity contribution in [1.82, 2.24) is 4.90 Å². The van der Waals surface area contributed by atoms with Crippen LogP contribution in [-0.4, -0.2) is 33.8 Å². The highest BCUT2D eigenvalue weighted by Gasteiger charge is 2.51. The zero-order valence-electron chi connectivity index (χ0n) is 15.1. The van der Waals surface area contributed by atoms with Gasteiger partial charge in [0.2, 0.25) is 0 Å². The third kappa shape index (κ3) is 3.36. The van der Waals surface area contributed by atoms with Crippen LogP contribution in [0.3, 0.4) is 0 Å². The molecule has 2 unspecified atom stereocenters. The fourth-order valence-corrected chi connectivity index (χ4v) is 4.07. The molecule has 1 aromatic rings. The van der Waals surface area contributed by atoms with Crippen molar-refractivity contribution in [1.29, 1.82) is 0 Å². The number of nitrogens with zero attached hydrogens (tertiary/aromatic N) is 1. The number of carbonyl (C=O) groups excluding carboxylic acids is 1. The molecular weight excluding hydrogens is 328 g/mol. The second kappa shape index (κ2) is 5.94. The molecule has 2 aliphatic heterocycles. The lowest BCUT2D eigenvalue weighted by molar-refractivity contribution is -0.0641. The Hall–Kier alpha value is -1.69. The van der Waals surface area contributed by atoms with Gasteiger partial charge in [0, 0.05) is 36.6 Å². The van der Waals surface area contributed by atoms with Crippen molar-refractivity contribution in [3.8, 4) is 0 Å². The number of benzene rings is 1. The largest absolute Gasteiger partial charge is 0.444 e. The maximum absolute atomic E-state index is 14.3. The van der Waals surface area contributed by atoms with E-state index < -0.39 is 28.9 Å². The first-order chi connectivity index (χ1) is 11.5. The summed E-state index contributed by atoms with van der Waals surface area (Å²) in [5, 5.41) is 11.1. The van der Waals surface area contributed by atoms with Crippen molar-refractivity contribution < 1.29 is 23.4 Å². The smallest absolute Gasteiger partial charge is 0.410 e. The third-order valence-electron chi connectivity index (χ3n) is 5.12. The van der Waals surface area contributed by atoms with Crippen LogP contribution >= 0.6 is 0 Å². The number of carbonyl (C=O) groups is 1. The number of aliphatic hydroxyl groups is 1. The molecule has 2 fully saturated rings. The van der Waals surface area contributed by atoms with Gasteiger partial charge in [0.05, 0.1) is 5.60 Å². The first-order valence-electron chi connectivity index (χ1n) is 8.70. The Labute approximate surface area is 146 Å². The van der Waals surface area contributed by atoms with Gasteiger partial charge in [0.25, 0.3) is 0 Å². The molecule has 3 rings (SSSR count). The lowest BCUT2D eigenvalue weighted by Gasteiger charge is -2.44. The van der Waals surface area contributed by atoms with Crippen molar-refractivity contribution in [3.63, 3.8) is 0 Å². The number of amides is 1. The molecule has 1 N–H and O–H groups in total. The van der Waals surface area contributed by atoms with Crippen LogP contribution in [0.1, 0.15) is 57.6 Å². The van der Waals surface area contributed by atoms with Crippen molar-refractivity contribution in [3.05, 3.63) is 34.9 Å². The van der Waals surface area contributed by atoms with E-state index in [-0.39, 0.29) is 30.5 Å². The van der Waals surface area contributed by atoms with Gasteiger partial charge < -0.3 is 14.7 Å². The molecule has 4 nitrogen and oxygen atoms in total. The zero-order chi connectivity index (χ0) is 18.6. The molecule has 2 heterocycles. The van der Waals surface area contributed by atoms with Gasteiger partial charge in [0.15, 0.2) is 0 Å². The first kappa shape index (κ1) is 18.1. The van der Waals surface area contributed by atoms with Gasteiger partial charge in [-0.1, -0.05) is 0 Å². The van der Waals surface area contributed by atoms with Gasteiger partial charge in [-0.3, -0.25) is 0 Å². The van der Waals surface area contributed by atoms with E-state index in [1.165, 1.54) is 6.07 Å². The summed E-state index contributed by atoms with van der Waals surface area (Å²) in [4.78, 5) is 14.2. The number of halogens is 2. The predicted octanol–water partition coefficient (Wildman–Crippen LogP) is 4.02. The first-order valence-corrected chi connectivity index (χ1v) is 8.70. The minimum atomic E-state index is -1.40. The molecule has 25 heavy (non-hydrogen) atoms. The van der Waals surface area contributed by atoms with E-state index in [9.17, 15) is 18.7 Å². The van der Waals surface area contributed by atoms with Crippen LogP contribution in [0.2, 0.25) is 0 Å². The monoisotopic (exact) mass is 353 g/mol. The molecule has 138 valence electrons. The molecule has 2 aliphatic rings. The highest BCUT2D eigenvalue weighted by atomic mass is 19.1. The van der Waals surface area contributed by atoms with Gasteiger partial charge in [-0.2, -0.15) is 0 Å². The third-order valence-corrected chi connectivity index (χ3v) is 5.12. The molecule has 1 aromatic carbocycles. The number of ether oxygens (including phenoxy) is 1. The van der Waals surface area contributed by atoms with E-state index in [2.05, 4.69) is 0 Å². The highest BCUT2D eigenvalue weighted by molar-refractivity contribution is 5.69. The average Bonchev–Trinajstić information content (AvgIpc) is 2.74. The van der Waals surface area contributed by atoms with Gasteiger partial charge in [-0.05, 0) is 52.2 Å². The molecule has 2 saturated heterocycles. The molecule has 0 radical (unpaired) electrons. The Morgan fingerprint density at radius 3 is 2.28 bits per heavy atom. The number of hydrogen-bond acceptors (Lipinski definition) is 3. The van der Waals surface area contributed by atoms with Crippen molar-refractivity contribution in [2.75, 3.05) is 0 Å². The molecule has 6 heteroatoms. The summed E-state index contributed by atoms with van der Waals surface area (Å²) in [5.74, 6) is -1.37. The van der Waals surface area contributed by atoms with Crippen LogP contribution < -0.4 is 0 Å². The van der Waals surface area contributed by atoms with E-state index in [4.69, 9.17) is 4.74 Å². The van der Waals surface area contributed by atoms with Gasteiger partial charge in [-0.25, -0.2) is 13.6 Å². The van der Waals surface area contributed by atoms with E-state index in [0.29, 0.717) is 5.56 Å². The van der Waals surface area contributed by atoms with Crippen molar-refractivity contribution >= 4 is 6.09 Å². The van der Waals surface area contributed by atoms with Crippen molar-refractivity contribution in [2.45, 2.75) is 76.7 Å². The fraction of sp³-hybridized carbons (Fsp3) is 0.632. The lowest BCUT2D eigenvalue weighted by Crippen LogP contribution is -2.53. The molecular formula is C19H25F2NO3. The standard InChI is InChI=1S/C19H25F2NO3/c1-11-7-14(16(21)8-15(11)20)19(24)9-12-5-6-13(10-19)22(12)17(23)25-18(2,3)4/h7-8,12-13,24H,5-6,9-10H2,1-4H3. The minimum absolute atomic E-state index is 0.118. The summed E-state index contributed by atoms with van der Waals surface area (Å²) in [7, 11) is 0. The fourth-order valence-electron chi connectivity index (χ4n) is 4.07. The lowest BCUT2D eigenvalue weighted by atomic mass is 9.80. The Bertz CT molecular complexity index is 685. The van der Waals surface area contributed by atoms with Crippen LogP contribution in [0.25, 0.3) is 0 Å². The van der Waals surface area contributed by atoms with Crippen LogP contribution in [0.5, 0.6) is 0 Å². The number of fused-ring (bicyclic) bond motifs is 2. The van der Waals surface area contributed by atoms with Crippen LogP contribution in [0.4, 0.5) is 13.6 Å². The number of hydrogen-bond donors (Lipinski definition) is 1. The maximum Gasteiger partial charge on any atom is 0.410 e. The Balaban J connectivity index is 1.86. The van der Waals surface area contributed by atoms with Crippen molar-refractivity contribution in [2.24, 2.45) is 0 Å². The van der Waals surface area contributed by atoms with Crippen LogP contribution in [-0.2, 0) is 10.3 Å². The second-order valence-corrected chi connectivity index (χ2v) is 8.29. The van der Waals surface area contributed by atoms with Crippen LogP contribution in [0, 0.1) is 18.6 Å². The van der Waals surface area contributed by atoms with Gasteiger partial charge in [0.1, 0.15) is 17.2 Å². The zero-order valence-corrected chi connectivity index (χ0v) is 15.1. The Morgan fingerprint density at radius 2 is 1.76 bits per heavy atom. The summed E-state index contributed by atoms with van der Waals surface area (Å²) >= 11 is 0. The minimum Gasteiger partial charge on any atom is -0.444 e. The molecule has 2 bridgehead atoms. The van der Waals surface area contributed by atoms with Crippen LogP contribution in [0.15, 0.2) is 12.1 Å². The average molecular weight is 353 g/mol. The van der Waals surface area contributed by atoms with E-state index in [0.717, 1.165) is 18.9 Å². The quantitative estimate of drug-likeness (QED) is 0.829. The van der Waals surface area contributed by atoms with E-state index >= 15 is 0 Å². The molecule has 0 aromatic heterocycles. The summed E-state index contributed by atoms with van der Waals surface area (Å²) in [5.41, 5.74) is -1.57. The molecule has 0 aliphatic carbocycles. The molecule has 0 spiro atoms. The second-order valence-electron chi connectivity index (χ2n) is 8.29. The number of piperidine rings is 1. The summed E-state index contributed by atoms with van der Waals surface area (Å²) in [6.07, 6.45) is 1.55. The maximum atomic E-state index is 14.3. The van der Waals surface area contributed by atoms with E-state index in [1.807, 2.05) is 20.8 Å². The molecule has 1 amide bonds. The van der Waals surface area contributed by atoms with Gasteiger partial charge >= 0.3 is 6.09 Å².